The molecule has 1 amide bonds. The molecule has 1 aromatic carbocycles. The number of amides is 1. The molecule has 2 aliphatic heterocycles. The first-order chi connectivity index (χ1) is 10.3. The average molecular weight is 309 g/mol. The first-order valence-corrected chi connectivity index (χ1v) is 8.25. The molecule has 2 heterocycles. The predicted octanol–water partition coefficient (Wildman–Crippen LogP) is 2.06. The van der Waals surface area contributed by atoms with Gasteiger partial charge in [0.2, 0.25) is 6.79 Å². The minimum absolute atomic E-state index is 0.0686. The fourth-order valence-electron chi connectivity index (χ4n) is 2.37. The fraction of sp³-hybridized carbons (Fsp3) is 0.533. The zero-order valence-electron chi connectivity index (χ0n) is 11.8. The maximum absolute atomic E-state index is 12.1. The van der Waals surface area contributed by atoms with E-state index in [2.05, 4.69) is 5.32 Å². The molecule has 2 aliphatic rings. The van der Waals surface area contributed by atoms with E-state index in [9.17, 15) is 4.79 Å². The van der Waals surface area contributed by atoms with Crippen LogP contribution >= 0.6 is 11.8 Å². The topological polar surface area (TPSA) is 56.8 Å². The van der Waals surface area contributed by atoms with Crippen LogP contribution in [0.2, 0.25) is 0 Å². The summed E-state index contributed by atoms with van der Waals surface area (Å²) < 4.78 is 15.8. The van der Waals surface area contributed by atoms with Gasteiger partial charge in [0.25, 0.3) is 5.91 Å². The summed E-state index contributed by atoms with van der Waals surface area (Å²) in [5, 5.41) is 3.61. The van der Waals surface area contributed by atoms with E-state index in [0.29, 0.717) is 28.9 Å². The molecule has 3 rings (SSSR count). The van der Waals surface area contributed by atoms with Crippen LogP contribution in [0.15, 0.2) is 18.2 Å². The molecule has 0 aliphatic carbocycles. The summed E-state index contributed by atoms with van der Waals surface area (Å²) in [7, 11) is 0. The van der Waals surface area contributed by atoms with Gasteiger partial charge in [0.05, 0.1) is 0 Å². The van der Waals surface area contributed by atoms with Gasteiger partial charge in [-0.1, -0.05) is 0 Å². The van der Waals surface area contributed by atoms with Crippen LogP contribution < -0.4 is 14.8 Å². The van der Waals surface area contributed by atoms with Crippen molar-refractivity contribution in [3.63, 3.8) is 0 Å². The molecule has 5 nitrogen and oxygen atoms in total. The molecule has 1 N–H and O–H groups in total. The van der Waals surface area contributed by atoms with Crippen molar-refractivity contribution in [1.82, 2.24) is 5.32 Å². The van der Waals surface area contributed by atoms with E-state index in [1.165, 1.54) is 0 Å². The summed E-state index contributed by atoms with van der Waals surface area (Å²) in [6.45, 7) is 2.62. The molecule has 0 atom stereocenters. The molecule has 6 heteroatoms. The van der Waals surface area contributed by atoms with E-state index in [0.717, 1.165) is 31.8 Å². The Morgan fingerprint density at radius 1 is 1.24 bits per heavy atom. The first kappa shape index (κ1) is 14.5. The van der Waals surface area contributed by atoms with Crippen molar-refractivity contribution in [2.75, 3.05) is 32.3 Å². The lowest BCUT2D eigenvalue weighted by molar-refractivity contribution is 0.0954. The van der Waals surface area contributed by atoms with E-state index < -0.39 is 0 Å². The van der Waals surface area contributed by atoms with Crippen LogP contribution in [0.4, 0.5) is 0 Å². The molecule has 21 heavy (non-hydrogen) atoms. The largest absolute Gasteiger partial charge is 0.454 e. The Bertz CT molecular complexity index is 502. The number of ether oxygens (including phenoxy) is 3. The number of benzene rings is 1. The van der Waals surface area contributed by atoms with Gasteiger partial charge in [-0.05, 0) is 31.0 Å². The Morgan fingerprint density at radius 3 is 2.90 bits per heavy atom. The maximum atomic E-state index is 12.1. The third-order valence-electron chi connectivity index (χ3n) is 3.54. The van der Waals surface area contributed by atoms with E-state index in [1.807, 2.05) is 11.8 Å². The minimum Gasteiger partial charge on any atom is -0.454 e. The lowest BCUT2D eigenvalue weighted by atomic mass is 10.2. The first-order valence-electron chi connectivity index (χ1n) is 7.20. The summed E-state index contributed by atoms with van der Waals surface area (Å²) in [6.07, 6.45) is 2.22. The van der Waals surface area contributed by atoms with Crippen LogP contribution in [0, 0.1) is 0 Å². The second-order valence-electron chi connectivity index (χ2n) is 5.01. The van der Waals surface area contributed by atoms with Crippen molar-refractivity contribution in [3.8, 4) is 11.5 Å². The number of fused-ring (bicyclic) bond motifs is 1. The highest BCUT2D eigenvalue weighted by Gasteiger charge is 2.16. The second-order valence-corrected chi connectivity index (χ2v) is 6.41. The quantitative estimate of drug-likeness (QED) is 0.844. The summed E-state index contributed by atoms with van der Waals surface area (Å²) >= 11 is 1.92. The second kappa shape index (κ2) is 7.04. The van der Waals surface area contributed by atoms with Crippen molar-refractivity contribution in [2.45, 2.75) is 18.1 Å². The highest BCUT2D eigenvalue weighted by Crippen LogP contribution is 2.32. The molecule has 114 valence electrons. The molecule has 0 radical (unpaired) electrons. The van der Waals surface area contributed by atoms with Crippen LogP contribution in [0.3, 0.4) is 0 Å². The van der Waals surface area contributed by atoms with Gasteiger partial charge in [0.1, 0.15) is 0 Å². The number of carbonyl (C=O) groups is 1. The highest BCUT2D eigenvalue weighted by atomic mass is 32.2. The number of hydrogen-bond donors (Lipinski definition) is 1. The number of carbonyl (C=O) groups excluding carboxylic acids is 1. The Labute approximate surface area is 128 Å². The fourth-order valence-corrected chi connectivity index (χ4v) is 3.45. The zero-order chi connectivity index (χ0) is 14.5. The zero-order valence-corrected chi connectivity index (χ0v) is 12.6. The molecule has 1 fully saturated rings. The molecule has 1 aromatic rings. The van der Waals surface area contributed by atoms with Crippen LogP contribution in [-0.2, 0) is 4.74 Å². The van der Waals surface area contributed by atoms with E-state index >= 15 is 0 Å². The van der Waals surface area contributed by atoms with Crippen molar-refractivity contribution in [1.29, 1.82) is 0 Å². The summed E-state index contributed by atoms with van der Waals surface area (Å²) in [5.41, 5.74) is 0.607. The predicted molar refractivity (Wildman–Crippen MR) is 81.2 cm³/mol. The average Bonchev–Trinajstić information content (AvgIpc) is 3.00. The molecule has 0 aromatic heterocycles. The van der Waals surface area contributed by atoms with Gasteiger partial charge < -0.3 is 19.5 Å². The monoisotopic (exact) mass is 309 g/mol. The van der Waals surface area contributed by atoms with Crippen molar-refractivity contribution in [3.05, 3.63) is 23.8 Å². The molecule has 0 spiro atoms. The third kappa shape index (κ3) is 3.83. The maximum Gasteiger partial charge on any atom is 0.251 e. The normalized spacial score (nSPS) is 17.7. The lowest BCUT2D eigenvalue weighted by Crippen LogP contribution is -2.27. The highest BCUT2D eigenvalue weighted by molar-refractivity contribution is 7.99. The molecule has 1 saturated heterocycles. The molecular formula is C15H19NO4S. The van der Waals surface area contributed by atoms with E-state index in [4.69, 9.17) is 14.2 Å². The van der Waals surface area contributed by atoms with Gasteiger partial charge in [-0.15, -0.1) is 0 Å². The summed E-state index contributed by atoms with van der Waals surface area (Å²) in [5.74, 6) is 2.20. The number of hydrogen-bond acceptors (Lipinski definition) is 5. The standard InChI is InChI=1S/C15H19NO4S/c17-15(11-1-2-13-14(9-11)20-10-19-13)16-5-8-21-12-3-6-18-7-4-12/h1-2,9,12H,3-8,10H2,(H,16,17). The van der Waals surface area contributed by atoms with Gasteiger partial charge in [-0.25, -0.2) is 0 Å². The number of rotatable bonds is 5. The number of thioether (sulfide) groups is 1. The molecule has 0 unspecified atom stereocenters. The van der Waals surface area contributed by atoms with Crippen LogP contribution in [0.1, 0.15) is 23.2 Å². The third-order valence-corrected chi connectivity index (χ3v) is 4.93. The summed E-state index contributed by atoms with van der Waals surface area (Å²) in [6, 6.07) is 5.26. The van der Waals surface area contributed by atoms with E-state index in [-0.39, 0.29) is 12.7 Å². The van der Waals surface area contributed by atoms with E-state index in [1.54, 1.807) is 18.2 Å². The lowest BCUT2D eigenvalue weighted by Gasteiger charge is -2.21. The van der Waals surface area contributed by atoms with Crippen molar-refractivity contribution in [2.24, 2.45) is 0 Å². The molecule has 0 saturated carbocycles. The Hall–Kier alpha value is -1.40. The number of nitrogens with one attached hydrogen (secondary N) is 1. The molecular weight excluding hydrogens is 290 g/mol. The van der Waals surface area contributed by atoms with Gasteiger partial charge in [0, 0.05) is 36.3 Å². The Morgan fingerprint density at radius 2 is 2.05 bits per heavy atom. The van der Waals surface area contributed by atoms with Crippen LogP contribution in [0.25, 0.3) is 0 Å². The van der Waals surface area contributed by atoms with Crippen LogP contribution in [0.5, 0.6) is 11.5 Å². The van der Waals surface area contributed by atoms with Crippen molar-refractivity contribution >= 4 is 17.7 Å². The van der Waals surface area contributed by atoms with Gasteiger partial charge >= 0.3 is 0 Å². The van der Waals surface area contributed by atoms with Crippen LogP contribution in [-0.4, -0.2) is 43.5 Å². The molecule has 0 bridgehead atoms. The summed E-state index contributed by atoms with van der Waals surface area (Å²) in [4.78, 5) is 12.1. The SMILES string of the molecule is O=C(NCCSC1CCOCC1)c1ccc2c(c1)OCO2. The Kier molecular flexibility index (Phi) is 4.87. The minimum atomic E-state index is -0.0686. The smallest absolute Gasteiger partial charge is 0.251 e. The van der Waals surface area contributed by atoms with Gasteiger partial charge in [-0.3, -0.25) is 4.79 Å². The Balaban J connectivity index is 1.41. The van der Waals surface area contributed by atoms with Gasteiger partial charge in [0.15, 0.2) is 11.5 Å². The van der Waals surface area contributed by atoms with Crippen molar-refractivity contribution < 1.29 is 19.0 Å². The van der Waals surface area contributed by atoms with Gasteiger partial charge in [-0.2, -0.15) is 11.8 Å².